The van der Waals surface area contributed by atoms with Crippen LogP contribution in [0.2, 0.25) is 0 Å². The molecular weight excluding hydrogens is 500 g/mol. The SMILES string of the molecule is O=C(O)NCCCCC(NS(=O)(=O)c1ccc([N+](=O)[O-])cc1)C(=O)Nc1c2c(cc3c1CCC3)CCC2. The fourth-order valence-electron chi connectivity index (χ4n) is 5.09. The number of non-ortho nitro benzene ring substituents is 1. The predicted molar refractivity (Wildman–Crippen MR) is 136 cm³/mol. The van der Waals surface area contributed by atoms with Crippen LogP contribution < -0.4 is 15.4 Å². The predicted octanol–water partition coefficient (Wildman–Crippen LogP) is 3.30. The van der Waals surface area contributed by atoms with E-state index in [-0.39, 0.29) is 23.5 Å². The molecule has 0 saturated heterocycles. The van der Waals surface area contributed by atoms with Crippen molar-refractivity contribution >= 4 is 33.4 Å². The summed E-state index contributed by atoms with van der Waals surface area (Å²) in [6.07, 6.45) is 5.46. The molecule has 2 amide bonds. The first-order valence-corrected chi connectivity index (χ1v) is 13.8. The van der Waals surface area contributed by atoms with Crippen molar-refractivity contribution in [1.29, 1.82) is 0 Å². The first-order chi connectivity index (χ1) is 17.7. The number of amides is 2. The van der Waals surface area contributed by atoms with Crippen LogP contribution in [0.5, 0.6) is 0 Å². The first-order valence-electron chi connectivity index (χ1n) is 12.4. The molecule has 12 heteroatoms. The summed E-state index contributed by atoms with van der Waals surface area (Å²) in [5.74, 6) is -0.480. The maximum absolute atomic E-state index is 13.5. The first kappa shape index (κ1) is 26.6. The lowest BCUT2D eigenvalue weighted by molar-refractivity contribution is -0.384. The van der Waals surface area contributed by atoms with Gasteiger partial charge in [-0.1, -0.05) is 6.07 Å². The van der Waals surface area contributed by atoms with Crippen LogP contribution in [-0.4, -0.2) is 43.0 Å². The van der Waals surface area contributed by atoms with E-state index in [9.17, 15) is 28.1 Å². The van der Waals surface area contributed by atoms with Crippen molar-refractivity contribution in [2.45, 2.75) is 68.7 Å². The Bertz CT molecular complexity index is 1280. The maximum atomic E-state index is 13.5. The van der Waals surface area contributed by atoms with E-state index < -0.39 is 33.0 Å². The average Bonchev–Trinajstić information content (AvgIpc) is 3.52. The van der Waals surface area contributed by atoms with Crippen LogP contribution in [-0.2, 0) is 40.5 Å². The fraction of sp³-hybridized carbons (Fsp3) is 0.440. The third-order valence-electron chi connectivity index (χ3n) is 6.89. The van der Waals surface area contributed by atoms with Gasteiger partial charge in [0.2, 0.25) is 15.9 Å². The van der Waals surface area contributed by atoms with E-state index in [0.29, 0.717) is 12.8 Å². The zero-order chi connectivity index (χ0) is 26.6. The molecular formula is C25H30N4O7S. The van der Waals surface area contributed by atoms with E-state index in [2.05, 4.69) is 21.4 Å². The van der Waals surface area contributed by atoms with E-state index in [4.69, 9.17) is 5.11 Å². The molecule has 2 aliphatic carbocycles. The number of hydrogen-bond acceptors (Lipinski definition) is 6. The van der Waals surface area contributed by atoms with Crippen molar-refractivity contribution in [3.05, 3.63) is 62.7 Å². The summed E-state index contributed by atoms with van der Waals surface area (Å²) in [6, 6.07) is 5.58. The lowest BCUT2D eigenvalue weighted by atomic mass is 9.98. The highest BCUT2D eigenvalue weighted by atomic mass is 32.2. The number of unbranched alkanes of at least 4 members (excludes halogenated alkanes) is 1. The van der Waals surface area contributed by atoms with Gasteiger partial charge in [0, 0.05) is 24.4 Å². The summed E-state index contributed by atoms with van der Waals surface area (Å²) in [4.78, 5) is 34.3. The van der Waals surface area contributed by atoms with Gasteiger partial charge in [-0.3, -0.25) is 14.9 Å². The number of sulfonamides is 1. The second-order valence-corrected chi connectivity index (χ2v) is 11.1. The number of aryl methyl sites for hydroxylation is 2. The number of rotatable bonds is 11. The summed E-state index contributed by atoms with van der Waals surface area (Å²) in [5.41, 5.74) is 5.27. The van der Waals surface area contributed by atoms with E-state index >= 15 is 0 Å². The summed E-state index contributed by atoms with van der Waals surface area (Å²) >= 11 is 0. The Labute approximate surface area is 214 Å². The molecule has 0 fully saturated rings. The minimum Gasteiger partial charge on any atom is -0.465 e. The molecule has 4 rings (SSSR count). The monoisotopic (exact) mass is 530 g/mol. The van der Waals surface area contributed by atoms with Gasteiger partial charge in [-0.25, -0.2) is 13.2 Å². The van der Waals surface area contributed by atoms with Gasteiger partial charge in [0.15, 0.2) is 0 Å². The molecule has 2 aliphatic rings. The number of carbonyl (C=O) groups is 2. The molecule has 1 unspecified atom stereocenters. The maximum Gasteiger partial charge on any atom is 0.404 e. The van der Waals surface area contributed by atoms with E-state index in [1.165, 1.54) is 11.1 Å². The van der Waals surface area contributed by atoms with Gasteiger partial charge in [0.05, 0.1) is 9.82 Å². The van der Waals surface area contributed by atoms with Gasteiger partial charge < -0.3 is 15.7 Å². The van der Waals surface area contributed by atoms with Crippen molar-refractivity contribution < 1.29 is 28.0 Å². The van der Waals surface area contributed by atoms with Gasteiger partial charge >= 0.3 is 6.09 Å². The van der Waals surface area contributed by atoms with Gasteiger partial charge in [0.25, 0.3) is 5.69 Å². The molecule has 0 radical (unpaired) electrons. The Morgan fingerprint density at radius 2 is 1.62 bits per heavy atom. The third-order valence-corrected chi connectivity index (χ3v) is 8.38. The molecule has 1 atom stereocenters. The standard InChI is InChI=1S/C25H30N4O7S/c30-24(27-23-20-7-3-5-16(20)15-17-6-4-8-21(17)23)22(9-1-2-14-26-25(31)32)28-37(35,36)19-12-10-18(11-13-19)29(33)34/h10-13,15,22,26,28H,1-9,14H2,(H,27,30)(H,31,32). The number of nitrogens with one attached hydrogen (secondary N) is 3. The molecule has 2 aromatic carbocycles. The van der Waals surface area contributed by atoms with Crippen molar-refractivity contribution in [2.75, 3.05) is 11.9 Å². The minimum absolute atomic E-state index is 0.149. The number of carboxylic acid groups (broad SMARTS) is 1. The van der Waals surface area contributed by atoms with Crippen LogP contribution in [0.25, 0.3) is 0 Å². The Hall–Kier alpha value is -3.51. The zero-order valence-electron chi connectivity index (χ0n) is 20.3. The molecule has 0 aromatic heterocycles. The van der Waals surface area contributed by atoms with Crippen LogP contribution >= 0.6 is 0 Å². The summed E-state index contributed by atoms with van der Waals surface area (Å²) in [7, 11) is -4.16. The molecule has 0 saturated carbocycles. The second-order valence-electron chi connectivity index (χ2n) is 9.38. The second kappa shape index (κ2) is 11.3. The number of anilines is 1. The molecule has 198 valence electrons. The molecule has 11 nitrogen and oxygen atoms in total. The number of nitro benzene ring substituents is 1. The van der Waals surface area contributed by atoms with Gasteiger partial charge in [-0.05, 0) is 92.2 Å². The molecule has 0 aliphatic heterocycles. The minimum atomic E-state index is -4.16. The lowest BCUT2D eigenvalue weighted by Crippen LogP contribution is -2.44. The number of nitro groups is 1. The zero-order valence-corrected chi connectivity index (χ0v) is 21.1. The summed E-state index contributed by atoms with van der Waals surface area (Å²) in [5, 5.41) is 25.0. The highest BCUT2D eigenvalue weighted by Gasteiger charge is 2.30. The Morgan fingerprint density at radius 3 is 2.19 bits per heavy atom. The number of hydrogen-bond donors (Lipinski definition) is 4. The average molecular weight is 531 g/mol. The number of carbonyl (C=O) groups excluding carboxylic acids is 1. The lowest BCUT2D eigenvalue weighted by Gasteiger charge is -2.21. The Morgan fingerprint density at radius 1 is 1.00 bits per heavy atom. The van der Waals surface area contributed by atoms with Gasteiger partial charge in [-0.2, -0.15) is 4.72 Å². The molecule has 0 spiro atoms. The van der Waals surface area contributed by atoms with Crippen LogP contribution in [0.1, 0.15) is 54.4 Å². The van der Waals surface area contributed by atoms with E-state index in [1.54, 1.807) is 0 Å². The molecule has 2 aromatic rings. The smallest absolute Gasteiger partial charge is 0.404 e. The quantitative estimate of drug-likeness (QED) is 0.196. The Balaban J connectivity index is 1.55. The Kier molecular flexibility index (Phi) is 8.08. The fourth-order valence-corrected chi connectivity index (χ4v) is 6.32. The normalized spacial score (nSPS) is 15.0. The summed E-state index contributed by atoms with van der Waals surface area (Å²) in [6.45, 7) is 0.179. The highest BCUT2D eigenvalue weighted by molar-refractivity contribution is 7.89. The van der Waals surface area contributed by atoms with Crippen molar-refractivity contribution in [3.63, 3.8) is 0 Å². The van der Waals surface area contributed by atoms with Gasteiger partial charge in [-0.15, -0.1) is 0 Å². The molecule has 0 heterocycles. The van der Waals surface area contributed by atoms with Crippen LogP contribution in [0.4, 0.5) is 16.2 Å². The highest BCUT2D eigenvalue weighted by Crippen LogP contribution is 2.38. The third kappa shape index (κ3) is 6.25. The molecule has 37 heavy (non-hydrogen) atoms. The summed E-state index contributed by atoms with van der Waals surface area (Å²) < 4.78 is 28.6. The number of fused-ring (bicyclic) bond motifs is 2. The van der Waals surface area contributed by atoms with Gasteiger partial charge in [0.1, 0.15) is 6.04 Å². The molecule has 4 N–H and O–H groups in total. The molecule has 0 bridgehead atoms. The largest absolute Gasteiger partial charge is 0.465 e. The number of benzene rings is 2. The van der Waals surface area contributed by atoms with E-state index in [0.717, 1.165) is 79.6 Å². The number of nitrogens with zero attached hydrogens (tertiary/aromatic N) is 1. The van der Waals surface area contributed by atoms with Crippen LogP contribution in [0.15, 0.2) is 35.2 Å². The topological polar surface area (TPSA) is 168 Å². The van der Waals surface area contributed by atoms with Crippen molar-refractivity contribution in [1.82, 2.24) is 10.0 Å². The van der Waals surface area contributed by atoms with Crippen molar-refractivity contribution in [2.24, 2.45) is 0 Å². The van der Waals surface area contributed by atoms with Crippen LogP contribution in [0.3, 0.4) is 0 Å². The van der Waals surface area contributed by atoms with Crippen LogP contribution in [0, 0.1) is 10.1 Å². The van der Waals surface area contributed by atoms with E-state index in [1.807, 2.05) is 0 Å². The van der Waals surface area contributed by atoms with Crippen molar-refractivity contribution in [3.8, 4) is 0 Å².